The van der Waals surface area contributed by atoms with Crippen molar-refractivity contribution in [1.82, 2.24) is 0 Å². The lowest BCUT2D eigenvalue weighted by Crippen LogP contribution is -2.10. The lowest BCUT2D eigenvalue weighted by molar-refractivity contribution is 0.347. The average Bonchev–Trinajstić information content (AvgIpc) is 2.44. The van der Waals surface area contributed by atoms with Gasteiger partial charge in [0.15, 0.2) is 0 Å². The van der Waals surface area contributed by atoms with E-state index in [4.69, 9.17) is 0 Å². The van der Waals surface area contributed by atoms with E-state index in [1.54, 1.807) is 0 Å². The van der Waals surface area contributed by atoms with Gasteiger partial charge in [-0.2, -0.15) is 0 Å². The molecule has 106 valence electrons. The summed E-state index contributed by atoms with van der Waals surface area (Å²) in [7, 11) is 0. The van der Waals surface area contributed by atoms with E-state index in [2.05, 4.69) is 81.4 Å². The van der Waals surface area contributed by atoms with Gasteiger partial charge in [-0.25, -0.2) is 0 Å². The predicted molar refractivity (Wildman–Crippen MR) is 88.0 cm³/mol. The van der Waals surface area contributed by atoms with Crippen LogP contribution in [-0.4, -0.2) is 0 Å². The SMILES string of the molecule is CC(C)(C)CCC(Cc1ccccc1)c1ccccc1. The predicted octanol–water partition coefficient (Wildman–Crippen LogP) is 5.84. The van der Waals surface area contributed by atoms with Gasteiger partial charge in [-0.15, -0.1) is 0 Å². The Morgan fingerprint density at radius 2 is 1.35 bits per heavy atom. The minimum absolute atomic E-state index is 0.406. The summed E-state index contributed by atoms with van der Waals surface area (Å²) in [5.74, 6) is 0.623. The van der Waals surface area contributed by atoms with Crippen molar-refractivity contribution in [2.24, 2.45) is 5.41 Å². The number of rotatable bonds is 5. The highest BCUT2D eigenvalue weighted by Gasteiger charge is 2.17. The molecule has 0 bridgehead atoms. The molecule has 2 aromatic carbocycles. The maximum Gasteiger partial charge on any atom is -0.0121 e. The summed E-state index contributed by atoms with van der Waals surface area (Å²) in [5, 5.41) is 0. The third kappa shape index (κ3) is 4.85. The van der Waals surface area contributed by atoms with Gasteiger partial charge in [0, 0.05) is 0 Å². The molecule has 0 aliphatic heterocycles. The first kappa shape index (κ1) is 14.8. The van der Waals surface area contributed by atoms with Crippen LogP contribution in [0.25, 0.3) is 0 Å². The topological polar surface area (TPSA) is 0 Å². The molecule has 0 spiro atoms. The highest BCUT2D eigenvalue weighted by molar-refractivity contribution is 5.24. The molecule has 0 aliphatic rings. The van der Waals surface area contributed by atoms with Crippen molar-refractivity contribution in [3.8, 4) is 0 Å². The Balaban J connectivity index is 2.12. The summed E-state index contributed by atoms with van der Waals surface area (Å²) >= 11 is 0. The second-order valence-corrected chi connectivity index (χ2v) is 6.90. The Kier molecular flexibility index (Phi) is 5.00. The minimum Gasteiger partial charge on any atom is -0.0622 e. The zero-order chi connectivity index (χ0) is 14.4. The first-order valence-corrected chi connectivity index (χ1v) is 7.63. The summed E-state index contributed by atoms with van der Waals surface area (Å²) in [6.45, 7) is 6.99. The summed E-state index contributed by atoms with van der Waals surface area (Å²) in [5.41, 5.74) is 3.32. The van der Waals surface area contributed by atoms with Crippen molar-refractivity contribution in [1.29, 1.82) is 0 Å². The van der Waals surface area contributed by atoms with E-state index in [0.717, 1.165) is 6.42 Å². The molecule has 0 saturated carbocycles. The molecule has 2 rings (SSSR count). The molecule has 0 radical (unpaired) electrons. The van der Waals surface area contributed by atoms with Gasteiger partial charge in [-0.1, -0.05) is 81.4 Å². The fourth-order valence-corrected chi connectivity index (χ4v) is 2.62. The van der Waals surface area contributed by atoms with Crippen LogP contribution in [0, 0.1) is 5.41 Å². The molecule has 0 fully saturated rings. The molecule has 0 aliphatic carbocycles. The first-order valence-electron chi connectivity index (χ1n) is 7.63. The highest BCUT2D eigenvalue weighted by atomic mass is 14.2. The summed E-state index contributed by atoms with van der Waals surface area (Å²) in [4.78, 5) is 0. The molecule has 1 atom stereocenters. The van der Waals surface area contributed by atoms with E-state index in [0.29, 0.717) is 11.3 Å². The van der Waals surface area contributed by atoms with Gasteiger partial charge >= 0.3 is 0 Å². The van der Waals surface area contributed by atoms with Gasteiger partial charge in [-0.05, 0) is 41.7 Å². The Morgan fingerprint density at radius 3 is 1.90 bits per heavy atom. The molecule has 0 aromatic heterocycles. The van der Waals surface area contributed by atoms with Crippen molar-refractivity contribution >= 4 is 0 Å². The molecule has 0 heterocycles. The smallest absolute Gasteiger partial charge is 0.0121 e. The van der Waals surface area contributed by atoms with E-state index >= 15 is 0 Å². The van der Waals surface area contributed by atoms with E-state index in [1.807, 2.05) is 0 Å². The van der Waals surface area contributed by atoms with Crippen LogP contribution in [-0.2, 0) is 6.42 Å². The molecule has 0 nitrogen and oxygen atoms in total. The number of hydrogen-bond donors (Lipinski definition) is 0. The molecular formula is C20H26. The molecule has 2 aromatic rings. The van der Waals surface area contributed by atoms with Gasteiger partial charge in [0.25, 0.3) is 0 Å². The number of benzene rings is 2. The Morgan fingerprint density at radius 1 is 0.800 bits per heavy atom. The molecule has 0 heteroatoms. The molecule has 0 amide bonds. The van der Waals surface area contributed by atoms with E-state index < -0.39 is 0 Å². The maximum atomic E-state index is 2.33. The van der Waals surface area contributed by atoms with Crippen LogP contribution in [0.1, 0.15) is 50.7 Å². The lowest BCUT2D eigenvalue weighted by atomic mass is 9.82. The lowest BCUT2D eigenvalue weighted by Gasteiger charge is -2.23. The van der Waals surface area contributed by atoms with Gasteiger partial charge in [0.05, 0.1) is 0 Å². The molecule has 0 N–H and O–H groups in total. The van der Waals surface area contributed by atoms with Crippen LogP contribution in [0.5, 0.6) is 0 Å². The summed E-state index contributed by atoms with van der Waals surface area (Å²) in [6.07, 6.45) is 3.66. The standard InChI is InChI=1S/C20H26/c1-20(2,3)15-14-19(18-12-8-5-9-13-18)16-17-10-6-4-7-11-17/h4-13,19H,14-16H2,1-3H3. The van der Waals surface area contributed by atoms with Gasteiger partial charge in [0.2, 0.25) is 0 Å². The molecular weight excluding hydrogens is 240 g/mol. The van der Waals surface area contributed by atoms with E-state index in [-0.39, 0.29) is 0 Å². The van der Waals surface area contributed by atoms with E-state index in [9.17, 15) is 0 Å². The van der Waals surface area contributed by atoms with Crippen LogP contribution in [0.15, 0.2) is 60.7 Å². The van der Waals surface area contributed by atoms with E-state index in [1.165, 1.54) is 24.0 Å². The molecule has 1 unspecified atom stereocenters. The first-order chi connectivity index (χ1) is 9.54. The van der Waals surface area contributed by atoms with Crippen LogP contribution in [0.4, 0.5) is 0 Å². The fraction of sp³-hybridized carbons (Fsp3) is 0.400. The molecule has 0 saturated heterocycles. The Labute approximate surface area is 123 Å². The maximum absolute atomic E-state index is 2.33. The second kappa shape index (κ2) is 6.74. The minimum atomic E-state index is 0.406. The van der Waals surface area contributed by atoms with Crippen LogP contribution in [0.2, 0.25) is 0 Å². The fourth-order valence-electron chi connectivity index (χ4n) is 2.62. The largest absolute Gasteiger partial charge is 0.0622 e. The normalized spacial score (nSPS) is 13.2. The quantitative estimate of drug-likeness (QED) is 0.638. The second-order valence-electron chi connectivity index (χ2n) is 6.90. The van der Waals surface area contributed by atoms with Gasteiger partial charge in [0.1, 0.15) is 0 Å². The highest BCUT2D eigenvalue weighted by Crippen LogP contribution is 2.31. The van der Waals surface area contributed by atoms with Crippen LogP contribution in [0.3, 0.4) is 0 Å². The third-order valence-electron chi connectivity index (χ3n) is 3.84. The van der Waals surface area contributed by atoms with Crippen LogP contribution < -0.4 is 0 Å². The average molecular weight is 266 g/mol. The van der Waals surface area contributed by atoms with Gasteiger partial charge in [-0.3, -0.25) is 0 Å². The van der Waals surface area contributed by atoms with Crippen molar-refractivity contribution in [3.63, 3.8) is 0 Å². The Bertz CT molecular complexity index is 491. The van der Waals surface area contributed by atoms with Crippen molar-refractivity contribution < 1.29 is 0 Å². The zero-order valence-corrected chi connectivity index (χ0v) is 13.0. The zero-order valence-electron chi connectivity index (χ0n) is 13.0. The number of hydrogen-bond acceptors (Lipinski definition) is 0. The third-order valence-corrected chi connectivity index (χ3v) is 3.84. The molecule has 20 heavy (non-hydrogen) atoms. The van der Waals surface area contributed by atoms with Crippen LogP contribution >= 0.6 is 0 Å². The summed E-state index contributed by atoms with van der Waals surface area (Å²) in [6, 6.07) is 21.8. The Hall–Kier alpha value is -1.56. The van der Waals surface area contributed by atoms with Crippen molar-refractivity contribution in [3.05, 3.63) is 71.8 Å². The monoisotopic (exact) mass is 266 g/mol. The van der Waals surface area contributed by atoms with Gasteiger partial charge < -0.3 is 0 Å². The van der Waals surface area contributed by atoms with Crippen molar-refractivity contribution in [2.75, 3.05) is 0 Å². The van der Waals surface area contributed by atoms with Crippen molar-refractivity contribution in [2.45, 2.75) is 46.0 Å². The summed E-state index contributed by atoms with van der Waals surface area (Å²) < 4.78 is 0.